The molecule has 2 aliphatic rings. The fraction of sp³-hybridized carbons (Fsp3) is 0.385. The third-order valence-electron chi connectivity index (χ3n) is 3.80. The molecule has 1 aromatic rings. The minimum atomic E-state index is -3.20. The van der Waals surface area contributed by atoms with E-state index in [9.17, 15) is 13.2 Å². The normalized spacial score (nSPS) is 23.7. The van der Waals surface area contributed by atoms with Crippen molar-refractivity contribution in [1.82, 2.24) is 10.7 Å². The molecule has 0 spiro atoms. The molecule has 0 saturated heterocycles. The Morgan fingerprint density at radius 1 is 1.38 bits per heavy atom. The molecule has 2 heterocycles. The van der Waals surface area contributed by atoms with Crippen LogP contribution in [0.4, 0.5) is 10.5 Å². The van der Waals surface area contributed by atoms with Gasteiger partial charge in [0.05, 0.1) is 23.2 Å². The van der Waals surface area contributed by atoms with E-state index in [1.165, 1.54) is 4.31 Å². The molecule has 0 saturated carbocycles. The number of urea groups is 1. The number of carbonyl (C=O) groups is 1. The molecular formula is C13H16N4O3S. The fourth-order valence-corrected chi connectivity index (χ4v) is 3.83. The van der Waals surface area contributed by atoms with Gasteiger partial charge in [0.15, 0.2) is 0 Å². The highest BCUT2D eigenvalue weighted by molar-refractivity contribution is 7.92. The van der Waals surface area contributed by atoms with E-state index in [0.717, 1.165) is 16.8 Å². The van der Waals surface area contributed by atoms with Crippen LogP contribution in [0, 0.1) is 0 Å². The van der Waals surface area contributed by atoms with E-state index in [-0.39, 0.29) is 17.8 Å². The van der Waals surface area contributed by atoms with Crippen molar-refractivity contribution in [1.29, 1.82) is 0 Å². The maximum absolute atomic E-state index is 11.9. The molecule has 1 atom stereocenters. The number of rotatable bonds is 1. The van der Waals surface area contributed by atoms with Gasteiger partial charge in [-0.3, -0.25) is 4.31 Å². The van der Waals surface area contributed by atoms with Crippen LogP contribution in [0.15, 0.2) is 23.3 Å². The summed E-state index contributed by atoms with van der Waals surface area (Å²) in [5.74, 6) is 0.108. The molecule has 0 aliphatic carbocycles. The lowest BCUT2D eigenvalue weighted by molar-refractivity contribution is 0.239. The summed E-state index contributed by atoms with van der Waals surface area (Å²) in [7, 11) is -1.63. The van der Waals surface area contributed by atoms with Crippen LogP contribution >= 0.6 is 0 Å². The number of fused-ring (bicyclic) bond motifs is 1. The second-order valence-corrected chi connectivity index (χ2v) is 7.30. The Bertz CT molecular complexity index is 742. The Morgan fingerprint density at radius 3 is 2.86 bits per heavy atom. The Balaban J connectivity index is 2.00. The number of amides is 2. The second kappa shape index (κ2) is 4.73. The van der Waals surface area contributed by atoms with Crippen molar-refractivity contribution in [3.63, 3.8) is 0 Å². The van der Waals surface area contributed by atoms with E-state index in [1.54, 1.807) is 13.1 Å². The first-order valence-corrected chi connectivity index (χ1v) is 8.23. The van der Waals surface area contributed by atoms with Crippen LogP contribution in [0.1, 0.15) is 18.1 Å². The zero-order valence-electron chi connectivity index (χ0n) is 11.8. The number of nitrogens with zero attached hydrogens (tertiary/aromatic N) is 2. The molecule has 112 valence electrons. The molecule has 1 aromatic carbocycles. The molecule has 0 bridgehead atoms. The van der Waals surface area contributed by atoms with Crippen molar-refractivity contribution >= 4 is 27.5 Å². The first kappa shape index (κ1) is 13.9. The molecule has 1 unspecified atom stereocenters. The molecule has 8 heteroatoms. The zero-order valence-corrected chi connectivity index (χ0v) is 12.6. The monoisotopic (exact) mass is 308 g/mol. The third-order valence-corrected chi connectivity index (χ3v) is 5.55. The van der Waals surface area contributed by atoms with Crippen LogP contribution in [-0.4, -0.2) is 39.0 Å². The molecule has 3 rings (SSSR count). The summed E-state index contributed by atoms with van der Waals surface area (Å²) in [5, 5.41) is 6.82. The molecule has 2 N–H and O–H groups in total. The van der Waals surface area contributed by atoms with Gasteiger partial charge in [-0.25, -0.2) is 18.6 Å². The van der Waals surface area contributed by atoms with Gasteiger partial charge in [-0.15, -0.1) is 0 Å². The molecule has 0 fully saturated rings. The van der Waals surface area contributed by atoms with Crippen molar-refractivity contribution in [2.24, 2.45) is 5.10 Å². The first-order valence-electron chi connectivity index (χ1n) is 6.62. The number of nitrogens with one attached hydrogen (secondary N) is 2. The predicted molar refractivity (Wildman–Crippen MR) is 80.0 cm³/mol. The smallest absolute Gasteiger partial charge is 0.328 e. The predicted octanol–water partition coefficient (Wildman–Crippen LogP) is 0.414. The van der Waals surface area contributed by atoms with Gasteiger partial charge in [-0.1, -0.05) is 6.07 Å². The van der Waals surface area contributed by atoms with Crippen LogP contribution in [-0.2, 0) is 16.4 Å². The number of sulfonamides is 1. The average molecular weight is 308 g/mol. The number of hydrazone groups is 1. The standard InChI is InChI=1S/C13H16N4O3S/c1-8-12(15-16-13(18)14-8)10-3-4-11-9(7-10)5-6-21(19,20)17(11)2/h3-4,7-8H,5-6H2,1-2H3,(H2,14,16,18). The topological polar surface area (TPSA) is 90.9 Å². The van der Waals surface area contributed by atoms with Crippen LogP contribution in [0.3, 0.4) is 0 Å². The van der Waals surface area contributed by atoms with E-state index in [1.807, 2.05) is 19.1 Å². The fourth-order valence-electron chi connectivity index (χ4n) is 2.60. The van der Waals surface area contributed by atoms with E-state index in [0.29, 0.717) is 12.1 Å². The lowest BCUT2D eigenvalue weighted by Crippen LogP contribution is -2.48. The molecule has 0 aromatic heterocycles. The summed E-state index contributed by atoms with van der Waals surface area (Å²) in [4.78, 5) is 11.2. The van der Waals surface area contributed by atoms with Crippen molar-refractivity contribution in [3.05, 3.63) is 29.3 Å². The maximum Gasteiger partial charge on any atom is 0.335 e. The first-order chi connectivity index (χ1) is 9.88. The molecule has 7 nitrogen and oxygen atoms in total. The summed E-state index contributed by atoms with van der Waals surface area (Å²) >= 11 is 0. The summed E-state index contributed by atoms with van der Waals surface area (Å²) in [5.41, 5.74) is 5.67. The lowest BCUT2D eigenvalue weighted by atomic mass is 9.99. The average Bonchev–Trinajstić information content (AvgIpc) is 2.43. The molecule has 2 amide bonds. The highest BCUT2D eigenvalue weighted by Crippen LogP contribution is 2.29. The second-order valence-electron chi connectivity index (χ2n) is 5.18. The van der Waals surface area contributed by atoms with Gasteiger partial charge < -0.3 is 5.32 Å². The van der Waals surface area contributed by atoms with E-state index < -0.39 is 10.0 Å². The lowest BCUT2D eigenvalue weighted by Gasteiger charge is -2.28. The van der Waals surface area contributed by atoms with Crippen molar-refractivity contribution < 1.29 is 13.2 Å². The Hall–Kier alpha value is -2.09. The molecular weight excluding hydrogens is 292 g/mol. The third kappa shape index (κ3) is 2.35. The number of aryl methyl sites for hydroxylation is 1. The number of carbonyl (C=O) groups excluding carboxylic acids is 1. The van der Waals surface area contributed by atoms with Gasteiger partial charge in [0, 0.05) is 12.6 Å². The largest absolute Gasteiger partial charge is 0.335 e. The minimum Gasteiger partial charge on any atom is -0.328 e. The van der Waals surface area contributed by atoms with Crippen molar-refractivity contribution in [2.45, 2.75) is 19.4 Å². The summed E-state index contributed by atoms with van der Waals surface area (Å²) < 4.78 is 25.0. The van der Waals surface area contributed by atoms with Crippen molar-refractivity contribution in [2.75, 3.05) is 17.1 Å². The van der Waals surface area contributed by atoms with Gasteiger partial charge in [-0.2, -0.15) is 5.10 Å². The van der Waals surface area contributed by atoms with Gasteiger partial charge in [-0.05, 0) is 31.0 Å². The van der Waals surface area contributed by atoms with Crippen LogP contribution in [0.2, 0.25) is 0 Å². The van der Waals surface area contributed by atoms with Crippen LogP contribution < -0.4 is 15.0 Å². The van der Waals surface area contributed by atoms with Gasteiger partial charge in [0.25, 0.3) is 0 Å². The summed E-state index contributed by atoms with van der Waals surface area (Å²) in [6.07, 6.45) is 0.483. The number of anilines is 1. The van der Waals surface area contributed by atoms with Gasteiger partial charge in [0.2, 0.25) is 10.0 Å². The van der Waals surface area contributed by atoms with E-state index in [2.05, 4.69) is 15.8 Å². The van der Waals surface area contributed by atoms with Crippen molar-refractivity contribution in [3.8, 4) is 0 Å². The van der Waals surface area contributed by atoms with E-state index in [4.69, 9.17) is 0 Å². The Labute approximate surface area is 123 Å². The van der Waals surface area contributed by atoms with Crippen LogP contribution in [0.5, 0.6) is 0 Å². The summed E-state index contributed by atoms with van der Waals surface area (Å²) in [6, 6.07) is 5.03. The number of hydrogen-bond donors (Lipinski definition) is 2. The molecule has 21 heavy (non-hydrogen) atoms. The summed E-state index contributed by atoms with van der Waals surface area (Å²) in [6.45, 7) is 1.85. The molecule has 0 radical (unpaired) electrons. The number of benzene rings is 1. The van der Waals surface area contributed by atoms with Crippen LogP contribution in [0.25, 0.3) is 0 Å². The molecule has 2 aliphatic heterocycles. The van der Waals surface area contributed by atoms with Gasteiger partial charge >= 0.3 is 6.03 Å². The van der Waals surface area contributed by atoms with Gasteiger partial charge in [0.1, 0.15) is 0 Å². The minimum absolute atomic E-state index is 0.108. The number of hydrogen-bond acceptors (Lipinski definition) is 4. The zero-order chi connectivity index (χ0) is 15.2. The van der Waals surface area contributed by atoms with E-state index >= 15 is 0 Å². The maximum atomic E-state index is 11.9. The Kier molecular flexibility index (Phi) is 3.12. The highest BCUT2D eigenvalue weighted by Gasteiger charge is 2.28. The highest BCUT2D eigenvalue weighted by atomic mass is 32.2. The quantitative estimate of drug-likeness (QED) is 0.787. The SMILES string of the molecule is CC1NC(=O)NN=C1c1ccc2c(c1)CCS(=O)(=O)N2C. The Morgan fingerprint density at radius 2 is 2.14 bits per heavy atom.